The molecule has 2 aromatic rings. The summed E-state index contributed by atoms with van der Waals surface area (Å²) in [4.78, 5) is 13.7. The van der Waals surface area contributed by atoms with Crippen molar-refractivity contribution < 1.29 is 4.79 Å². The number of thiocarbonyl (C=S) groups is 1. The lowest BCUT2D eigenvalue weighted by atomic mass is 10.1. The molecule has 0 atom stereocenters. The Hall–Kier alpha value is -2.21. The van der Waals surface area contributed by atoms with Crippen LogP contribution in [0.2, 0.25) is 0 Å². The minimum absolute atomic E-state index is 0.125. The first-order valence-corrected chi connectivity index (χ1v) is 6.49. The van der Waals surface area contributed by atoms with Crippen molar-refractivity contribution >= 4 is 23.1 Å². The molecule has 0 spiro atoms. The van der Waals surface area contributed by atoms with E-state index in [1.54, 1.807) is 31.0 Å². The molecule has 1 amide bonds. The van der Waals surface area contributed by atoms with Gasteiger partial charge in [0, 0.05) is 25.9 Å². The second-order valence-electron chi connectivity index (χ2n) is 4.71. The highest BCUT2D eigenvalue weighted by atomic mass is 32.1. The maximum atomic E-state index is 11.8. The molecule has 0 saturated carbocycles. The number of amides is 1. The largest absolute Gasteiger partial charge is 0.389 e. The van der Waals surface area contributed by atoms with Crippen LogP contribution in [0.15, 0.2) is 30.5 Å². The third kappa shape index (κ3) is 2.70. The smallest absolute Gasteiger partial charge is 0.273 e. The van der Waals surface area contributed by atoms with Gasteiger partial charge in [0.15, 0.2) is 5.69 Å². The first-order chi connectivity index (χ1) is 9.40. The highest BCUT2D eigenvalue weighted by Crippen LogP contribution is 2.15. The van der Waals surface area contributed by atoms with Gasteiger partial charge in [0.25, 0.3) is 5.91 Å². The molecule has 104 valence electrons. The van der Waals surface area contributed by atoms with Gasteiger partial charge in [0.05, 0.1) is 5.69 Å². The van der Waals surface area contributed by atoms with Crippen molar-refractivity contribution in [3.63, 3.8) is 0 Å². The first kappa shape index (κ1) is 14.2. The van der Waals surface area contributed by atoms with Gasteiger partial charge >= 0.3 is 0 Å². The Morgan fingerprint density at radius 3 is 2.60 bits per heavy atom. The van der Waals surface area contributed by atoms with E-state index in [1.807, 2.05) is 25.1 Å². The average Bonchev–Trinajstić information content (AvgIpc) is 2.86. The number of benzene rings is 1. The number of hydrogen-bond donors (Lipinski definition) is 1. The number of aromatic nitrogens is 2. The van der Waals surface area contributed by atoms with E-state index in [-0.39, 0.29) is 5.91 Å². The van der Waals surface area contributed by atoms with E-state index in [0.717, 1.165) is 16.8 Å². The summed E-state index contributed by atoms with van der Waals surface area (Å²) in [5.74, 6) is -0.125. The standard InChI is InChI=1S/C14H16N4OS/c1-9-8-10(4-5-11(9)13(15)20)18-7-6-12(16-18)14(19)17(2)3/h4-8H,1-3H3,(H2,15,20). The molecule has 2 rings (SSSR count). The molecule has 0 aliphatic heterocycles. The lowest BCUT2D eigenvalue weighted by Crippen LogP contribution is -2.22. The highest BCUT2D eigenvalue weighted by Gasteiger charge is 2.12. The van der Waals surface area contributed by atoms with Crippen molar-refractivity contribution in [2.24, 2.45) is 5.73 Å². The van der Waals surface area contributed by atoms with Gasteiger partial charge in [-0.1, -0.05) is 12.2 Å². The Kier molecular flexibility index (Phi) is 3.85. The van der Waals surface area contributed by atoms with Crippen LogP contribution in [-0.4, -0.2) is 39.7 Å². The topological polar surface area (TPSA) is 64.2 Å². The van der Waals surface area contributed by atoms with Gasteiger partial charge in [-0.15, -0.1) is 0 Å². The normalized spacial score (nSPS) is 10.3. The first-order valence-electron chi connectivity index (χ1n) is 6.08. The predicted octanol–water partition coefficient (Wildman–Crippen LogP) is 1.52. The summed E-state index contributed by atoms with van der Waals surface area (Å²) in [6, 6.07) is 7.37. The van der Waals surface area contributed by atoms with Gasteiger partial charge < -0.3 is 10.6 Å². The Bertz CT molecular complexity index is 676. The molecule has 1 aromatic heterocycles. The molecular formula is C14H16N4OS. The van der Waals surface area contributed by atoms with Crippen LogP contribution in [0.5, 0.6) is 0 Å². The van der Waals surface area contributed by atoms with E-state index < -0.39 is 0 Å². The van der Waals surface area contributed by atoms with Gasteiger partial charge in [0.1, 0.15) is 4.99 Å². The van der Waals surface area contributed by atoms with Crippen molar-refractivity contribution in [3.05, 3.63) is 47.3 Å². The number of nitrogens with two attached hydrogens (primary N) is 1. The molecule has 0 bridgehead atoms. The van der Waals surface area contributed by atoms with E-state index in [0.29, 0.717) is 10.7 Å². The van der Waals surface area contributed by atoms with Crippen LogP contribution in [0.25, 0.3) is 5.69 Å². The van der Waals surface area contributed by atoms with Crippen molar-refractivity contribution in [1.29, 1.82) is 0 Å². The maximum absolute atomic E-state index is 11.8. The zero-order valence-electron chi connectivity index (χ0n) is 11.6. The van der Waals surface area contributed by atoms with Crippen molar-refractivity contribution in [2.75, 3.05) is 14.1 Å². The molecule has 0 saturated heterocycles. The van der Waals surface area contributed by atoms with E-state index in [1.165, 1.54) is 4.90 Å². The molecule has 1 heterocycles. The average molecular weight is 288 g/mol. The van der Waals surface area contributed by atoms with Crippen molar-refractivity contribution in [2.45, 2.75) is 6.92 Å². The van der Waals surface area contributed by atoms with E-state index >= 15 is 0 Å². The Morgan fingerprint density at radius 2 is 2.05 bits per heavy atom. The third-order valence-electron chi connectivity index (χ3n) is 2.95. The number of aryl methyl sites for hydroxylation is 1. The van der Waals surface area contributed by atoms with Crippen LogP contribution < -0.4 is 5.73 Å². The zero-order valence-corrected chi connectivity index (χ0v) is 12.4. The van der Waals surface area contributed by atoms with Gasteiger partial charge in [-0.05, 0) is 36.8 Å². The molecule has 6 heteroatoms. The van der Waals surface area contributed by atoms with E-state index in [2.05, 4.69) is 5.10 Å². The molecule has 0 radical (unpaired) electrons. The highest BCUT2D eigenvalue weighted by molar-refractivity contribution is 7.80. The van der Waals surface area contributed by atoms with Gasteiger partial charge in [0.2, 0.25) is 0 Å². The second-order valence-corrected chi connectivity index (χ2v) is 5.15. The SMILES string of the molecule is Cc1cc(-n2ccc(C(=O)N(C)C)n2)ccc1C(N)=S. The fraction of sp³-hybridized carbons (Fsp3) is 0.214. The summed E-state index contributed by atoms with van der Waals surface area (Å²) in [6.45, 7) is 1.94. The quantitative estimate of drug-likeness (QED) is 0.870. The predicted molar refractivity (Wildman–Crippen MR) is 82.2 cm³/mol. The number of nitrogens with zero attached hydrogens (tertiary/aromatic N) is 3. The lowest BCUT2D eigenvalue weighted by Gasteiger charge is -2.08. The van der Waals surface area contributed by atoms with Crippen LogP contribution in [0.1, 0.15) is 21.6 Å². The molecule has 5 nitrogen and oxygen atoms in total. The lowest BCUT2D eigenvalue weighted by molar-refractivity contribution is 0.0821. The van der Waals surface area contributed by atoms with Crippen molar-refractivity contribution in [1.82, 2.24) is 14.7 Å². The van der Waals surface area contributed by atoms with Crippen LogP contribution in [-0.2, 0) is 0 Å². The fourth-order valence-electron chi connectivity index (χ4n) is 1.88. The molecule has 2 N–H and O–H groups in total. The number of hydrogen-bond acceptors (Lipinski definition) is 3. The molecule has 1 aromatic carbocycles. The number of carbonyl (C=O) groups is 1. The minimum atomic E-state index is -0.125. The van der Waals surface area contributed by atoms with Gasteiger partial charge in [-0.2, -0.15) is 5.10 Å². The van der Waals surface area contributed by atoms with Crippen molar-refractivity contribution in [3.8, 4) is 5.69 Å². The summed E-state index contributed by atoms with van der Waals surface area (Å²) < 4.78 is 1.66. The third-order valence-corrected chi connectivity index (χ3v) is 3.17. The van der Waals surface area contributed by atoms with Gasteiger partial charge in [-0.25, -0.2) is 4.68 Å². The summed E-state index contributed by atoms with van der Waals surface area (Å²) >= 11 is 4.98. The fourth-order valence-corrected chi connectivity index (χ4v) is 2.11. The second kappa shape index (κ2) is 5.42. The summed E-state index contributed by atoms with van der Waals surface area (Å²) in [5, 5.41) is 4.28. The minimum Gasteiger partial charge on any atom is -0.389 e. The molecule has 0 unspecified atom stereocenters. The molecule has 0 aliphatic carbocycles. The number of rotatable bonds is 3. The Morgan fingerprint density at radius 1 is 1.35 bits per heavy atom. The van der Waals surface area contributed by atoms with Gasteiger partial charge in [-0.3, -0.25) is 4.79 Å². The Labute approximate surface area is 123 Å². The molecular weight excluding hydrogens is 272 g/mol. The van der Waals surface area contributed by atoms with Crippen LogP contribution in [0, 0.1) is 6.92 Å². The Balaban J connectivity index is 2.36. The molecule has 0 fully saturated rings. The van der Waals surface area contributed by atoms with E-state index in [9.17, 15) is 4.79 Å². The van der Waals surface area contributed by atoms with E-state index in [4.69, 9.17) is 18.0 Å². The summed E-state index contributed by atoms with van der Waals surface area (Å²) in [5.41, 5.74) is 8.73. The van der Waals surface area contributed by atoms with Crippen LogP contribution in [0.4, 0.5) is 0 Å². The zero-order chi connectivity index (χ0) is 14.9. The maximum Gasteiger partial charge on any atom is 0.273 e. The summed E-state index contributed by atoms with van der Waals surface area (Å²) in [6.07, 6.45) is 1.76. The molecule has 20 heavy (non-hydrogen) atoms. The molecule has 0 aliphatic rings. The van der Waals surface area contributed by atoms with Crippen LogP contribution >= 0.6 is 12.2 Å². The summed E-state index contributed by atoms with van der Waals surface area (Å²) in [7, 11) is 3.39. The monoisotopic (exact) mass is 288 g/mol. The van der Waals surface area contributed by atoms with Crippen LogP contribution in [0.3, 0.4) is 0 Å². The number of carbonyl (C=O) groups excluding carboxylic acids is 1.